The van der Waals surface area contributed by atoms with Gasteiger partial charge < -0.3 is 15.2 Å². The molecule has 5 heteroatoms. The van der Waals surface area contributed by atoms with Crippen molar-refractivity contribution < 1.29 is 14.6 Å². The number of benzene rings is 1. The van der Waals surface area contributed by atoms with Crippen LogP contribution in [0.15, 0.2) is 28.7 Å². The number of carbonyl (C=O) groups is 1. The fourth-order valence-corrected chi connectivity index (χ4v) is 1.43. The topological polar surface area (TPSA) is 58.6 Å². The summed E-state index contributed by atoms with van der Waals surface area (Å²) < 4.78 is 6.57. The number of rotatable bonds is 6. The summed E-state index contributed by atoms with van der Waals surface area (Å²) in [6.07, 6.45) is -0.0690. The van der Waals surface area contributed by atoms with Gasteiger partial charge in [-0.1, -0.05) is 15.9 Å². The molecular formula is C11H14BrNO3. The number of carboxylic acids is 1. The molecule has 0 heterocycles. The van der Waals surface area contributed by atoms with Gasteiger partial charge in [-0.25, -0.2) is 0 Å². The minimum absolute atomic E-state index is 0.0476. The first-order valence-corrected chi connectivity index (χ1v) is 5.72. The first-order valence-electron chi connectivity index (χ1n) is 4.92. The van der Waals surface area contributed by atoms with E-state index in [-0.39, 0.29) is 12.6 Å². The van der Waals surface area contributed by atoms with Crippen LogP contribution in [0.4, 0.5) is 0 Å². The highest BCUT2D eigenvalue weighted by Gasteiger charge is 2.04. The molecule has 0 bridgehead atoms. The van der Waals surface area contributed by atoms with Crippen LogP contribution in [0.2, 0.25) is 0 Å². The number of hydrogen-bond acceptors (Lipinski definition) is 3. The van der Waals surface area contributed by atoms with Crippen LogP contribution in [0.1, 0.15) is 6.92 Å². The molecule has 0 aromatic heterocycles. The van der Waals surface area contributed by atoms with Crippen molar-refractivity contribution in [2.24, 2.45) is 0 Å². The third kappa shape index (κ3) is 5.14. The average Bonchev–Trinajstić information content (AvgIpc) is 2.21. The molecular weight excluding hydrogens is 274 g/mol. The predicted molar refractivity (Wildman–Crippen MR) is 64.7 cm³/mol. The van der Waals surface area contributed by atoms with Gasteiger partial charge in [0.15, 0.2) is 0 Å². The van der Waals surface area contributed by atoms with Gasteiger partial charge in [-0.2, -0.15) is 0 Å². The van der Waals surface area contributed by atoms with Crippen LogP contribution in [0.25, 0.3) is 0 Å². The highest BCUT2D eigenvalue weighted by molar-refractivity contribution is 9.10. The summed E-state index contributed by atoms with van der Waals surface area (Å²) in [6.45, 7) is 2.34. The molecule has 88 valence electrons. The highest BCUT2D eigenvalue weighted by atomic mass is 79.9. The van der Waals surface area contributed by atoms with E-state index in [2.05, 4.69) is 21.2 Å². The maximum Gasteiger partial charge on any atom is 0.317 e. The van der Waals surface area contributed by atoms with Gasteiger partial charge in [-0.15, -0.1) is 0 Å². The molecule has 16 heavy (non-hydrogen) atoms. The Morgan fingerprint density at radius 3 is 2.69 bits per heavy atom. The Morgan fingerprint density at radius 2 is 2.12 bits per heavy atom. The van der Waals surface area contributed by atoms with E-state index in [0.717, 1.165) is 10.2 Å². The number of halogens is 1. The summed E-state index contributed by atoms with van der Waals surface area (Å²) in [6, 6.07) is 7.51. The van der Waals surface area contributed by atoms with Crippen LogP contribution in [-0.2, 0) is 4.79 Å². The van der Waals surface area contributed by atoms with Crippen molar-refractivity contribution in [1.29, 1.82) is 0 Å². The number of ether oxygens (including phenoxy) is 1. The molecule has 0 fully saturated rings. The lowest BCUT2D eigenvalue weighted by Gasteiger charge is -2.14. The van der Waals surface area contributed by atoms with Gasteiger partial charge in [0, 0.05) is 11.0 Å². The van der Waals surface area contributed by atoms with Crippen molar-refractivity contribution in [1.82, 2.24) is 5.32 Å². The molecule has 0 unspecified atom stereocenters. The first-order chi connectivity index (χ1) is 7.58. The quantitative estimate of drug-likeness (QED) is 0.839. The Hall–Kier alpha value is -1.07. The molecule has 0 aliphatic heterocycles. The van der Waals surface area contributed by atoms with Crippen molar-refractivity contribution in [2.45, 2.75) is 13.0 Å². The Balaban J connectivity index is 2.31. The largest absolute Gasteiger partial charge is 0.489 e. The number of carboxylic acid groups (broad SMARTS) is 1. The molecule has 0 aliphatic carbocycles. The first kappa shape index (κ1) is 13.0. The Bertz CT molecular complexity index is 340. The molecule has 1 aromatic rings. The van der Waals surface area contributed by atoms with Crippen molar-refractivity contribution in [2.75, 3.05) is 13.1 Å². The van der Waals surface area contributed by atoms with Crippen molar-refractivity contribution >= 4 is 21.9 Å². The second-order valence-corrected chi connectivity index (χ2v) is 4.32. The smallest absolute Gasteiger partial charge is 0.317 e. The monoisotopic (exact) mass is 287 g/mol. The van der Waals surface area contributed by atoms with Crippen molar-refractivity contribution in [3.05, 3.63) is 28.7 Å². The van der Waals surface area contributed by atoms with E-state index >= 15 is 0 Å². The Morgan fingerprint density at radius 1 is 1.50 bits per heavy atom. The zero-order valence-electron chi connectivity index (χ0n) is 8.94. The van der Waals surface area contributed by atoms with Crippen molar-refractivity contribution in [3.8, 4) is 5.75 Å². The fourth-order valence-electron chi connectivity index (χ4n) is 1.17. The van der Waals surface area contributed by atoms with Gasteiger partial charge in [0.2, 0.25) is 0 Å². The zero-order chi connectivity index (χ0) is 12.0. The highest BCUT2D eigenvalue weighted by Crippen LogP contribution is 2.16. The van der Waals surface area contributed by atoms with Gasteiger partial charge >= 0.3 is 5.97 Å². The molecule has 0 aliphatic rings. The van der Waals surface area contributed by atoms with Gasteiger partial charge in [0.05, 0.1) is 6.54 Å². The minimum Gasteiger partial charge on any atom is -0.489 e. The third-order valence-corrected chi connectivity index (χ3v) is 2.39. The lowest BCUT2D eigenvalue weighted by molar-refractivity contribution is -0.136. The van der Waals surface area contributed by atoms with E-state index in [4.69, 9.17) is 9.84 Å². The van der Waals surface area contributed by atoms with Gasteiger partial charge in [0.1, 0.15) is 11.9 Å². The van der Waals surface area contributed by atoms with E-state index < -0.39 is 5.97 Å². The second kappa shape index (κ2) is 6.50. The summed E-state index contributed by atoms with van der Waals surface area (Å²) in [5.74, 6) is -0.0938. The number of hydrogen-bond donors (Lipinski definition) is 2. The second-order valence-electron chi connectivity index (χ2n) is 3.41. The van der Waals surface area contributed by atoms with Gasteiger partial charge in [-0.05, 0) is 31.2 Å². The fraction of sp³-hybridized carbons (Fsp3) is 0.364. The van der Waals surface area contributed by atoms with E-state index in [1.807, 2.05) is 31.2 Å². The van der Waals surface area contributed by atoms with Crippen molar-refractivity contribution in [3.63, 3.8) is 0 Å². The SMILES string of the molecule is C[C@@H](CNCC(=O)O)Oc1ccc(Br)cc1. The summed E-state index contributed by atoms with van der Waals surface area (Å²) in [7, 11) is 0. The van der Waals surface area contributed by atoms with Gasteiger partial charge in [-0.3, -0.25) is 4.79 Å². The molecule has 0 amide bonds. The van der Waals surface area contributed by atoms with Crippen LogP contribution in [0, 0.1) is 0 Å². The Labute approximate surface area is 103 Å². The predicted octanol–water partition coefficient (Wildman–Crippen LogP) is 1.89. The molecule has 0 saturated carbocycles. The van der Waals surface area contributed by atoms with Crippen LogP contribution >= 0.6 is 15.9 Å². The Kier molecular flexibility index (Phi) is 5.28. The van der Waals surface area contributed by atoms with Gasteiger partial charge in [0.25, 0.3) is 0 Å². The summed E-state index contributed by atoms with van der Waals surface area (Å²) >= 11 is 3.34. The lowest BCUT2D eigenvalue weighted by atomic mass is 10.3. The van der Waals surface area contributed by atoms with Crippen LogP contribution in [0.5, 0.6) is 5.75 Å². The van der Waals surface area contributed by atoms with Crippen LogP contribution < -0.4 is 10.1 Å². The minimum atomic E-state index is -0.865. The molecule has 0 spiro atoms. The van der Waals surface area contributed by atoms with E-state index in [9.17, 15) is 4.79 Å². The summed E-state index contributed by atoms with van der Waals surface area (Å²) in [5.41, 5.74) is 0. The molecule has 0 saturated heterocycles. The molecule has 1 atom stereocenters. The number of aliphatic carboxylic acids is 1. The third-order valence-electron chi connectivity index (χ3n) is 1.86. The maximum atomic E-state index is 10.3. The van der Waals surface area contributed by atoms with Crippen LogP contribution in [-0.4, -0.2) is 30.3 Å². The lowest BCUT2D eigenvalue weighted by Crippen LogP contribution is -2.32. The molecule has 1 rings (SSSR count). The van der Waals surface area contributed by atoms with E-state index in [0.29, 0.717) is 6.54 Å². The van der Waals surface area contributed by atoms with Crippen LogP contribution in [0.3, 0.4) is 0 Å². The maximum absolute atomic E-state index is 10.3. The number of nitrogens with one attached hydrogen (secondary N) is 1. The molecule has 1 aromatic carbocycles. The standard InChI is InChI=1S/C11H14BrNO3/c1-8(6-13-7-11(14)15)16-10-4-2-9(12)3-5-10/h2-5,8,13H,6-7H2,1H3,(H,14,15)/t8-/m0/s1. The molecule has 0 radical (unpaired) electrons. The average molecular weight is 288 g/mol. The van der Waals surface area contributed by atoms with E-state index in [1.54, 1.807) is 0 Å². The summed E-state index contributed by atoms with van der Waals surface area (Å²) in [5, 5.41) is 11.2. The molecule has 4 nitrogen and oxygen atoms in total. The summed E-state index contributed by atoms with van der Waals surface area (Å²) in [4.78, 5) is 10.3. The van der Waals surface area contributed by atoms with E-state index in [1.165, 1.54) is 0 Å². The normalized spacial score (nSPS) is 12.1. The zero-order valence-corrected chi connectivity index (χ0v) is 10.5. The molecule has 2 N–H and O–H groups in total.